The summed E-state index contributed by atoms with van der Waals surface area (Å²) in [7, 11) is 0. The minimum absolute atomic E-state index is 0.197. The van der Waals surface area contributed by atoms with Crippen LogP contribution in [0, 0.1) is 0 Å². The van der Waals surface area contributed by atoms with Crippen molar-refractivity contribution in [2.24, 2.45) is 0 Å². The van der Waals surface area contributed by atoms with Gasteiger partial charge in [-0.2, -0.15) is 10.2 Å². The Morgan fingerprint density at radius 1 is 1.03 bits per heavy atom. The first kappa shape index (κ1) is 22.6. The van der Waals surface area contributed by atoms with Crippen LogP contribution < -0.4 is 5.32 Å². The normalized spacial score (nSPS) is 28.4. The predicted octanol–water partition coefficient (Wildman–Crippen LogP) is 0.453. The van der Waals surface area contributed by atoms with E-state index in [4.69, 9.17) is 0 Å². The molecule has 8 nitrogen and oxygen atoms in total. The van der Waals surface area contributed by atoms with Crippen LogP contribution in [-0.4, -0.2) is 73.0 Å². The molecule has 1 aromatic carbocycles. The molecule has 1 aliphatic carbocycles. The molecule has 170 valence electrons. The van der Waals surface area contributed by atoms with E-state index in [1.165, 1.54) is 0 Å². The van der Waals surface area contributed by atoms with E-state index in [0.717, 1.165) is 28.9 Å². The number of aliphatic hydroxyl groups excluding tert-OH is 4. The smallest absolute Gasteiger partial charge is 0.109 e. The molecule has 8 heteroatoms. The first-order chi connectivity index (χ1) is 15.5. The second-order valence-electron chi connectivity index (χ2n) is 8.41. The highest BCUT2D eigenvalue weighted by atomic mass is 16.4. The van der Waals surface area contributed by atoms with Crippen LogP contribution >= 0.6 is 0 Å². The summed E-state index contributed by atoms with van der Waals surface area (Å²) in [4.78, 5) is 1.81. The second kappa shape index (κ2) is 10.3. The van der Waals surface area contributed by atoms with Gasteiger partial charge < -0.3 is 25.7 Å². The van der Waals surface area contributed by atoms with Crippen molar-refractivity contribution in [2.75, 3.05) is 13.2 Å². The molecule has 1 unspecified atom stereocenters. The van der Waals surface area contributed by atoms with Gasteiger partial charge in [-0.25, -0.2) is 0 Å². The molecule has 2 aromatic rings. The van der Waals surface area contributed by atoms with Crippen molar-refractivity contribution in [1.29, 1.82) is 0 Å². The summed E-state index contributed by atoms with van der Waals surface area (Å²) in [5.74, 6) is 0.254. The van der Waals surface area contributed by atoms with E-state index in [-0.39, 0.29) is 19.1 Å². The highest BCUT2D eigenvalue weighted by Crippen LogP contribution is 2.24. The van der Waals surface area contributed by atoms with Crippen molar-refractivity contribution in [2.45, 2.75) is 49.8 Å². The monoisotopic (exact) mass is 438 g/mol. The van der Waals surface area contributed by atoms with Crippen molar-refractivity contribution in [3.05, 3.63) is 83.3 Å². The Morgan fingerprint density at radius 3 is 2.47 bits per heavy atom. The number of nitrogens with zero attached hydrogens (tertiary/aromatic N) is 3. The van der Waals surface area contributed by atoms with Crippen molar-refractivity contribution in [3.63, 3.8) is 0 Å². The van der Waals surface area contributed by atoms with Gasteiger partial charge >= 0.3 is 0 Å². The van der Waals surface area contributed by atoms with Crippen LogP contribution in [0.4, 0.5) is 0 Å². The first-order valence-corrected chi connectivity index (χ1v) is 10.9. The van der Waals surface area contributed by atoms with Crippen LogP contribution in [0.1, 0.15) is 29.2 Å². The summed E-state index contributed by atoms with van der Waals surface area (Å²) < 4.78 is 0. The van der Waals surface area contributed by atoms with Crippen LogP contribution in [0.15, 0.2) is 66.5 Å². The number of aromatic nitrogens is 2. The second-order valence-corrected chi connectivity index (χ2v) is 8.41. The van der Waals surface area contributed by atoms with Crippen LogP contribution in [0.3, 0.4) is 0 Å². The van der Waals surface area contributed by atoms with Gasteiger partial charge in [-0.1, -0.05) is 36.4 Å². The molecule has 1 saturated heterocycles. The molecule has 1 aliphatic heterocycles. The van der Waals surface area contributed by atoms with E-state index >= 15 is 0 Å². The van der Waals surface area contributed by atoms with Gasteiger partial charge in [-0.15, -0.1) is 0 Å². The molecule has 0 bridgehead atoms. The van der Waals surface area contributed by atoms with E-state index in [2.05, 4.69) is 33.7 Å². The number of β-amino-alcohol motifs (C(OH)–C–C–N with tert-alkyl or cyclic N) is 1. The number of hydrogen-bond acceptors (Lipinski definition) is 8. The Balaban J connectivity index is 1.29. The third-order valence-electron chi connectivity index (χ3n) is 6.19. The van der Waals surface area contributed by atoms with Gasteiger partial charge in [0.15, 0.2) is 0 Å². The van der Waals surface area contributed by atoms with Crippen molar-refractivity contribution >= 4 is 0 Å². The standard InChI is InChI=1S/C24H30N4O4/c29-15-21-23(31)24(32)22(30)14-28(21)13-17-5-3-16(4-6-17)12-25-19-9-7-18(8-10-19)20-2-1-11-26-27-20/h1-7,9-11,18,21-25,29-32H,8,12-15H2/t18?,21-,22+,23-,24-/m1/s1. The molecular weight excluding hydrogens is 408 g/mol. The molecule has 0 spiro atoms. The zero-order chi connectivity index (χ0) is 22.5. The summed E-state index contributed by atoms with van der Waals surface area (Å²) in [6.45, 7) is 1.08. The van der Waals surface area contributed by atoms with Crippen LogP contribution in [-0.2, 0) is 13.1 Å². The summed E-state index contributed by atoms with van der Waals surface area (Å²) in [5.41, 5.74) is 4.19. The number of rotatable bonds is 7. The number of benzene rings is 1. The molecular formula is C24H30N4O4. The third-order valence-corrected chi connectivity index (χ3v) is 6.19. The van der Waals surface area contributed by atoms with Gasteiger partial charge in [0.25, 0.3) is 0 Å². The van der Waals surface area contributed by atoms with E-state index in [9.17, 15) is 20.4 Å². The fraction of sp³-hybridized carbons (Fsp3) is 0.417. The number of hydrogen-bond donors (Lipinski definition) is 5. The summed E-state index contributed by atoms with van der Waals surface area (Å²) in [6.07, 6.45) is 5.49. The van der Waals surface area contributed by atoms with E-state index in [0.29, 0.717) is 13.1 Å². The number of likely N-dealkylation sites (tertiary alicyclic amines) is 1. The molecule has 32 heavy (non-hydrogen) atoms. The highest BCUT2D eigenvalue weighted by Gasteiger charge is 2.40. The van der Waals surface area contributed by atoms with Crippen molar-refractivity contribution in [1.82, 2.24) is 20.4 Å². The SMILES string of the molecule is OC[C@@H]1[C@@H](O)[C@H](O)[C@@H](O)CN1Cc1ccc(CNC2=CCC(c3cccnn3)C=C2)cc1. The average Bonchev–Trinajstić information content (AvgIpc) is 2.83. The molecule has 0 amide bonds. The molecule has 5 N–H and O–H groups in total. The first-order valence-electron chi connectivity index (χ1n) is 10.9. The van der Waals surface area contributed by atoms with Gasteiger partial charge in [0.05, 0.1) is 24.4 Å². The lowest BCUT2D eigenvalue weighted by atomic mass is 9.93. The fourth-order valence-corrected chi connectivity index (χ4v) is 4.24. The Kier molecular flexibility index (Phi) is 7.29. The Bertz CT molecular complexity index is 935. The number of allylic oxidation sites excluding steroid dienone is 3. The molecule has 2 heterocycles. The minimum Gasteiger partial charge on any atom is -0.395 e. The summed E-state index contributed by atoms with van der Waals surface area (Å²) in [5, 5.41) is 51.1. The average molecular weight is 439 g/mol. The predicted molar refractivity (Wildman–Crippen MR) is 119 cm³/mol. The number of nitrogens with one attached hydrogen (secondary N) is 1. The van der Waals surface area contributed by atoms with Crippen molar-refractivity contribution < 1.29 is 20.4 Å². The maximum Gasteiger partial charge on any atom is 0.109 e. The van der Waals surface area contributed by atoms with Gasteiger partial charge in [0.1, 0.15) is 12.2 Å². The quantitative estimate of drug-likeness (QED) is 0.423. The minimum atomic E-state index is -1.24. The fourth-order valence-electron chi connectivity index (χ4n) is 4.24. The Morgan fingerprint density at radius 2 is 1.81 bits per heavy atom. The maximum absolute atomic E-state index is 10.1. The van der Waals surface area contributed by atoms with Crippen LogP contribution in [0.5, 0.6) is 0 Å². The Labute approximate surface area is 187 Å². The third kappa shape index (κ3) is 5.23. The molecule has 0 saturated carbocycles. The summed E-state index contributed by atoms with van der Waals surface area (Å²) in [6, 6.07) is 11.4. The van der Waals surface area contributed by atoms with Crippen LogP contribution in [0.25, 0.3) is 0 Å². The van der Waals surface area contributed by atoms with Gasteiger partial charge in [-0.3, -0.25) is 4.90 Å². The van der Waals surface area contributed by atoms with Gasteiger partial charge in [0.2, 0.25) is 0 Å². The molecule has 4 rings (SSSR count). The van der Waals surface area contributed by atoms with Crippen LogP contribution in [0.2, 0.25) is 0 Å². The molecule has 0 radical (unpaired) electrons. The Hall–Kier alpha value is -2.62. The molecule has 1 fully saturated rings. The van der Waals surface area contributed by atoms with Gasteiger partial charge in [-0.05, 0) is 35.8 Å². The molecule has 2 aliphatic rings. The maximum atomic E-state index is 10.1. The number of piperidine rings is 1. The topological polar surface area (TPSA) is 122 Å². The van der Waals surface area contributed by atoms with Crippen molar-refractivity contribution in [3.8, 4) is 0 Å². The van der Waals surface area contributed by atoms with E-state index < -0.39 is 24.4 Å². The molecule has 5 atom stereocenters. The molecule has 1 aromatic heterocycles. The lowest BCUT2D eigenvalue weighted by molar-refractivity contribution is -0.147. The van der Waals surface area contributed by atoms with Gasteiger partial charge in [0, 0.05) is 37.4 Å². The van der Waals surface area contributed by atoms with E-state index in [1.54, 1.807) is 11.1 Å². The largest absolute Gasteiger partial charge is 0.395 e. The lowest BCUT2D eigenvalue weighted by Crippen LogP contribution is -2.62. The lowest BCUT2D eigenvalue weighted by Gasteiger charge is -2.43. The zero-order valence-corrected chi connectivity index (χ0v) is 17.8. The zero-order valence-electron chi connectivity index (χ0n) is 17.8. The van der Waals surface area contributed by atoms with E-state index in [1.807, 2.05) is 36.4 Å². The highest BCUT2D eigenvalue weighted by molar-refractivity contribution is 5.30. The summed E-state index contributed by atoms with van der Waals surface area (Å²) >= 11 is 0. The number of aliphatic hydroxyl groups is 4.